The van der Waals surface area contributed by atoms with Crippen molar-refractivity contribution in [2.24, 2.45) is 5.92 Å². The van der Waals surface area contributed by atoms with Crippen LogP contribution in [0.1, 0.15) is 52.4 Å². The number of carboxylic acids is 1. The van der Waals surface area contributed by atoms with E-state index in [4.69, 9.17) is 5.11 Å². The number of carboxylic acid groups (broad SMARTS) is 1. The fourth-order valence-electron chi connectivity index (χ4n) is 2.06. The first-order valence-electron chi connectivity index (χ1n) is 6.08. The first-order chi connectivity index (χ1) is 7.54. The highest BCUT2D eigenvalue weighted by atomic mass is 16.4. The monoisotopic (exact) mass is 227 g/mol. The fourth-order valence-corrected chi connectivity index (χ4v) is 2.06. The Hall–Kier alpha value is -1.06. The third-order valence-electron chi connectivity index (χ3n) is 3.69. The molecule has 0 heterocycles. The topological polar surface area (TPSA) is 66.4 Å². The average Bonchev–Trinajstić information content (AvgIpc) is 2.20. The van der Waals surface area contributed by atoms with Crippen LogP contribution in [0.25, 0.3) is 0 Å². The first kappa shape index (κ1) is 13.0. The maximum Gasteiger partial charge on any atom is 0.329 e. The Morgan fingerprint density at radius 1 is 1.31 bits per heavy atom. The standard InChI is InChI=1S/C12H21NO3/c1-3-12(4-2,11(15)16)13-10(14)8-9-6-5-7-9/h9H,3-8H2,1-2H3,(H,13,14)(H,15,16). The van der Waals surface area contributed by atoms with Crippen LogP contribution >= 0.6 is 0 Å². The Labute approximate surface area is 96.4 Å². The van der Waals surface area contributed by atoms with Gasteiger partial charge < -0.3 is 10.4 Å². The molecule has 0 aliphatic heterocycles. The zero-order chi connectivity index (χ0) is 12.2. The summed E-state index contributed by atoms with van der Waals surface area (Å²) in [6.07, 6.45) is 4.74. The molecule has 1 aliphatic rings. The molecule has 4 nitrogen and oxygen atoms in total. The van der Waals surface area contributed by atoms with E-state index in [2.05, 4.69) is 5.32 Å². The zero-order valence-corrected chi connectivity index (χ0v) is 10.1. The summed E-state index contributed by atoms with van der Waals surface area (Å²) in [5, 5.41) is 11.9. The summed E-state index contributed by atoms with van der Waals surface area (Å²) in [6, 6.07) is 0. The van der Waals surface area contributed by atoms with Crippen molar-refractivity contribution >= 4 is 11.9 Å². The third-order valence-corrected chi connectivity index (χ3v) is 3.69. The molecule has 0 radical (unpaired) electrons. The van der Waals surface area contributed by atoms with Crippen LogP contribution in [-0.2, 0) is 9.59 Å². The van der Waals surface area contributed by atoms with Crippen molar-refractivity contribution in [3.05, 3.63) is 0 Å². The van der Waals surface area contributed by atoms with Gasteiger partial charge in [-0.2, -0.15) is 0 Å². The SMILES string of the molecule is CCC(CC)(NC(=O)CC1CCC1)C(=O)O. The second-order valence-electron chi connectivity index (χ2n) is 4.64. The zero-order valence-electron chi connectivity index (χ0n) is 10.1. The van der Waals surface area contributed by atoms with E-state index in [1.54, 1.807) is 13.8 Å². The van der Waals surface area contributed by atoms with E-state index in [-0.39, 0.29) is 5.91 Å². The van der Waals surface area contributed by atoms with Gasteiger partial charge in [-0.15, -0.1) is 0 Å². The Balaban J connectivity index is 2.52. The lowest BCUT2D eigenvalue weighted by atomic mass is 9.82. The number of rotatable bonds is 6. The molecule has 4 heteroatoms. The highest BCUT2D eigenvalue weighted by Gasteiger charge is 2.36. The second-order valence-corrected chi connectivity index (χ2v) is 4.64. The molecule has 0 bridgehead atoms. The number of aliphatic carboxylic acids is 1. The van der Waals surface area contributed by atoms with Crippen LogP contribution in [-0.4, -0.2) is 22.5 Å². The molecule has 1 amide bonds. The molecule has 1 fully saturated rings. The first-order valence-corrected chi connectivity index (χ1v) is 6.08. The summed E-state index contributed by atoms with van der Waals surface area (Å²) >= 11 is 0. The van der Waals surface area contributed by atoms with Gasteiger partial charge in [0.2, 0.25) is 5.91 Å². The van der Waals surface area contributed by atoms with Crippen LogP contribution in [0.3, 0.4) is 0 Å². The predicted octanol–water partition coefficient (Wildman–Crippen LogP) is 1.94. The molecule has 0 unspecified atom stereocenters. The molecule has 92 valence electrons. The fraction of sp³-hybridized carbons (Fsp3) is 0.833. The van der Waals surface area contributed by atoms with Gasteiger partial charge >= 0.3 is 5.97 Å². The Kier molecular flexibility index (Phi) is 4.33. The van der Waals surface area contributed by atoms with E-state index in [1.165, 1.54) is 6.42 Å². The van der Waals surface area contributed by atoms with Crippen molar-refractivity contribution in [1.29, 1.82) is 0 Å². The highest BCUT2D eigenvalue weighted by molar-refractivity contribution is 5.87. The molecule has 0 spiro atoms. The van der Waals surface area contributed by atoms with Crippen molar-refractivity contribution in [3.8, 4) is 0 Å². The minimum atomic E-state index is -1.07. The normalized spacial score (nSPS) is 16.6. The molecule has 2 N–H and O–H groups in total. The molecule has 0 aromatic rings. The predicted molar refractivity (Wildman–Crippen MR) is 61.0 cm³/mol. The smallest absolute Gasteiger partial charge is 0.329 e. The van der Waals surface area contributed by atoms with Crippen molar-refractivity contribution < 1.29 is 14.7 Å². The lowest BCUT2D eigenvalue weighted by Gasteiger charge is -2.30. The van der Waals surface area contributed by atoms with Crippen LogP contribution in [0.2, 0.25) is 0 Å². The average molecular weight is 227 g/mol. The minimum Gasteiger partial charge on any atom is -0.480 e. The van der Waals surface area contributed by atoms with Crippen LogP contribution in [0.4, 0.5) is 0 Å². The summed E-state index contributed by atoms with van der Waals surface area (Å²) in [7, 11) is 0. The van der Waals surface area contributed by atoms with Crippen molar-refractivity contribution in [2.75, 3.05) is 0 Å². The van der Waals surface area contributed by atoms with E-state index in [0.29, 0.717) is 25.2 Å². The van der Waals surface area contributed by atoms with Crippen molar-refractivity contribution in [1.82, 2.24) is 5.32 Å². The highest BCUT2D eigenvalue weighted by Crippen LogP contribution is 2.29. The Bertz CT molecular complexity index is 267. The maximum absolute atomic E-state index is 11.7. The van der Waals surface area contributed by atoms with Crippen molar-refractivity contribution in [2.45, 2.75) is 57.9 Å². The van der Waals surface area contributed by atoms with E-state index in [9.17, 15) is 9.59 Å². The summed E-state index contributed by atoms with van der Waals surface area (Å²) in [6.45, 7) is 3.59. The second kappa shape index (κ2) is 5.32. The third kappa shape index (κ3) is 2.74. The lowest BCUT2D eigenvalue weighted by molar-refractivity contribution is -0.148. The number of nitrogens with one attached hydrogen (secondary N) is 1. The van der Waals surface area contributed by atoms with Crippen LogP contribution in [0.5, 0.6) is 0 Å². The largest absolute Gasteiger partial charge is 0.480 e. The molecule has 1 saturated carbocycles. The van der Waals surface area contributed by atoms with Gasteiger partial charge in [-0.05, 0) is 31.6 Å². The number of amides is 1. The van der Waals surface area contributed by atoms with Crippen LogP contribution in [0.15, 0.2) is 0 Å². The molecule has 0 aromatic heterocycles. The summed E-state index contributed by atoms with van der Waals surface area (Å²) in [5.41, 5.74) is -1.07. The van der Waals surface area contributed by atoms with Gasteiger partial charge in [0.25, 0.3) is 0 Å². The molecule has 16 heavy (non-hydrogen) atoms. The van der Waals surface area contributed by atoms with Gasteiger partial charge in [0.15, 0.2) is 0 Å². The quantitative estimate of drug-likeness (QED) is 0.728. The molecule has 1 rings (SSSR count). The van der Waals surface area contributed by atoms with Gasteiger partial charge in [-0.25, -0.2) is 4.79 Å². The van der Waals surface area contributed by atoms with Crippen LogP contribution < -0.4 is 5.32 Å². The Morgan fingerprint density at radius 3 is 2.19 bits per heavy atom. The number of hydrogen-bond acceptors (Lipinski definition) is 2. The van der Waals surface area contributed by atoms with Gasteiger partial charge in [-0.3, -0.25) is 4.79 Å². The Morgan fingerprint density at radius 2 is 1.88 bits per heavy atom. The molecular weight excluding hydrogens is 206 g/mol. The number of carbonyl (C=O) groups excluding carboxylic acids is 1. The van der Waals surface area contributed by atoms with E-state index in [1.807, 2.05) is 0 Å². The molecule has 0 saturated heterocycles. The lowest BCUT2D eigenvalue weighted by Crippen LogP contribution is -2.54. The van der Waals surface area contributed by atoms with Crippen LogP contribution in [0, 0.1) is 5.92 Å². The van der Waals surface area contributed by atoms with E-state index >= 15 is 0 Å². The summed E-state index contributed by atoms with van der Waals surface area (Å²) in [5.74, 6) is -0.574. The van der Waals surface area contributed by atoms with Gasteiger partial charge in [0.1, 0.15) is 5.54 Å². The molecular formula is C12H21NO3. The summed E-state index contributed by atoms with van der Waals surface area (Å²) in [4.78, 5) is 22.9. The van der Waals surface area contributed by atoms with Crippen molar-refractivity contribution in [3.63, 3.8) is 0 Å². The molecule has 0 aromatic carbocycles. The van der Waals surface area contributed by atoms with Gasteiger partial charge in [-0.1, -0.05) is 20.3 Å². The maximum atomic E-state index is 11.7. The van der Waals surface area contributed by atoms with E-state index < -0.39 is 11.5 Å². The molecule has 1 aliphatic carbocycles. The minimum absolute atomic E-state index is 0.115. The summed E-state index contributed by atoms with van der Waals surface area (Å²) < 4.78 is 0. The van der Waals surface area contributed by atoms with Gasteiger partial charge in [0, 0.05) is 6.42 Å². The molecule has 0 atom stereocenters. The van der Waals surface area contributed by atoms with E-state index in [0.717, 1.165) is 12.8 Å². The number of hydrogen-bond donors (Lipinski definition) is 2. The number of carbonyl (C=O) groups is 2. The van der Waals surface area contributed by atoms with Gasteiger partial charge in [0.05, 0.1) is 0 Å².